The molecular formula is C22H26N4O3. The van der Waals surface area contributed by atoms with Gasteiger partial charge in [-0.25, -0.2) is 0 Å². The van der Waals surface area contributed by atoms with E-state index in [1.165, 1.54) is 5.56 Å². The maximum absolute atomic E-state index is 12.4. The smallest absolute Gasteiger partial charge is 0.324 e. The summed E-state index contributed by atoms with van der Waals surface area (Å²) in [5.74, 6) is 1.90. The Balaban J connectivity index is 1.31. The Bertz CT molecular complexity index is 923. The summed E-state index contributed by atoms with van der Waals surface area (Å²) in [6, 6.07) is 12.4. The van der Waals surface area contributed by atoms with Crippen molar-refractivity contribution in [1.29, 1.82) is 0 Å². The molecule has 4 rings (SSSR count). The highest BCUT2D eigenvalue weighted by Crippen LogP contribution is 2.26. The van der Waals surface area contributed by atoms with E-state index in [0.29, 0.717) is 37.4 Å². The van der Waals surface area contributed by atoms with Gasteiger partial charge in [-0.15, -0.1) is 0 Å². The van der Waals surface area contributed by atoms with E-state index in [1.807, 2.05) is 24.3 Å². The van der Waals surface area contributed by atoms with Crippen LogP contribution >= 0.6 is 0 Å². The molecule has 7 nitrogen and oxygen atoms in total. The van der Waals surface area contributed by atoms with Crippen molar-refractivity contribution in [1.82, 2.24) is 15.5 Å². The van der Waals surface area contributed by atoms with E-state index in [9.17, 15) is 4.79 Å². The van der Waals surface area contributed by atoms with E-state index in [-0.39, 0.29) is 11.8 Å². The number of furan rings is 1. The van der Waals surface area contributed by atoms with E-state index < -0.39 is 0 Å². The molecule has 7 heteroatoms. The summed E-state index contributed by atoms with van der Waals surface area (Å²) in [4.78, 5) is 19.0. The van der Waals surface area contributed by atoms with E-state index >= 15 is 0 Å². The van der Waals surface area contributed by atoms with Crippen molar-refractivity contribution in [2.45, 2.75) is 39.2 Å². The molecule has 0 radical (unpaired) electrons. The normalized spacial score (nSPS) is 15.1. The molecule has 1 aliphatic heterocycles. The number of carbonyl (C=O) groups excluding carboxylic acids is 1. The summed E-state index contributed by atoms with van der Waals surface area (Å²) < 4.78 is 10.7. The summed E-state index contributed by atoms with van der Waals surface area (Å²) in [7, 11) is 0. The quantitative estimate of drug-likeness (QED) is 0.681. The second kappa shape index (κ2) is 8.51. The Morgan fingerprint density at radius 3 is 2.62 bits per heavy atom. The topological polar surface area (TPSA) is 84.4 Å². The average molecular weight is 394 g/mol. The van der Waals surface area contributed by atoms with Crippen LogP contribution in [0.1, 0.15) is 43.9 Å². The van der Waals surface area contributed by atoms with E-state index in [0.717, 1.165) is 24.2 Å². The van der Waals surface area contributed by atoms with E-state index in [4.69, 9.17) is 8.94 Å². The van der Waals surface area contributed by atoms with Gasteiger partial charge in [0, 0.05) is 24.6 Å². The van der Waals surface area contributed by atoms with Crippen LogP contribution in [-0.4, -0.2) is 29.1 Å². The van der Waals surface area contributed by atoms with Crippen molar-refractivity contribution >= 4 is 11.9 Å². The van der Waals surface area contributed by atoms with Crippen molar-refractivity contribution < 1.29 is 13.7 Å². The molecular weight excluding hydrogens is 368 g/mol. The van der Waals surface area contributed by atoms with Crippen molar-refractivity contribution in [2.24, 2.45) is 5.92 Å². The maximum atomic E-state index is 12.4. The number of hydrogen-bond acceptors (Lipinski definition) is 6. The van der Waals surface area contributed by atoms with Gasteiger partial charge in [0.2, 0.25) is 11.7 Å². The molecule has 3 heterocycles. The summed E-state index contributed by atoms with van der Waals surface area (Å²) in [5, 5.41) is 7.08. The average Bonchev–Trinajstić information content (AvgIpc) is 3.44. The molecule has 1 N–H and O–H groups in total. The first-order valence-corrected chi connectivity index (χ1v) is 10.1. The van der Waals surface area contributed by atoms with Gasteiger partial charge in [-0.2, -0.15) is 4.98 Å². The van der Waals surface area contributed by atoms with Crippen LogP contribution in [0.5, 0.6) is 0 Å². The third-order valence-corrected chi connectivity index (χ3v) is 5.40. The number of nitrogens with one attached hydrogen (secondary N) is 1. The monoisotopic (exact) mass is 394 g/mol. The molecule has 0 saturated carbocycles. The molecule has 1 fully saturated rings. The third kappa shape index (κ3) is 4.50. The second-order valence-electron chi connectivity index (χ2n) is 7.74. The highest BCUT2D eigenvalue weighted by atomic mass is 16.5. The Morgan fingerprint density at radius 1 is 1.21 bits per heavy atom. The first-order chi connectivity index (χ1) is 14.1. The largest absolute Gasteiger partial charge is 0.467 e. The lowest BCUT2D eigenvalue weighted by atomic mass is 9.96. The van der Waals surface area contributed by atoms with Crippen LogP contribution in [0.3, 0.4) is 0 Å². The predicted octanol–water partition coefficient (Wildman–Crippen LogP) is 3.99. The predicted molar refractivity (Wildman–Crippen MR) is 109 cm³/mol. The minimum atomic E-state index is -0.00724. The third-order valence-electron chi connectivity index (χ3n) is 5.40. The first-order valence-electron chi connectivity index (χ1n) is 10.1. The maximum Gasteiger partial charge on any atom is 0.324 e. The van der Waals surface area contributed by atoms with Crippen molar-refractivity contribution in [3.63, 3.8) is 0 Å². The minimum Gasteiger partial charge on any atom is -0.467 e. The van der Waals surface area contributed by atoms with Gasteiger partial charge in [-0.1, -0.05) is 43.3 Å². The van der Waals surface area contributed by atoms with Crippen molar-refractivity contribution in [3.05, 3.63) is 54.0 Å². The van der Waals surface area contributed by atoms with Crippen LogP contribution in [-0.2, 0) is 11.3 Å². The molecule has 3 aromatic rings. The molecule has 0 unspecified atom stereocenters. The Labute approximate surface area is 170 Å². The number of carbonyl (C=O) groups is 1. The van der Waals surface area contributed by atoms with Gasteiger partial charge in [-0.05, 0) is 36.5 Å². The molecule has 0 aliphatic carbocycles. The lowest BCUT2D eigenvalue weighted by Crippen LogP contribution is -2.40. The standard InChI is InChI=1S/C22H26N4O3/c1-15(2)16-5-7-17(8-6-16)20-24-22(29-25-20)26-11-9-18(10-12-26)21(27)23-14-19-4-3-13-28-19/h3-8,13,15,18H,9-12,14H2,1-2H3,(H,23,27). The SMILES string of the molecule is CC(C)c1ccc(-c2noc(N3CCC(C(=O)NCc4ccco4)CC3)n2)cc1. The van der Waals surface area contributed by atoms with Crippen molar-refractivity contribution in [3.8, 4) is 11.4 Å². The number of anilines is 1. The summed E-state index contributed by atoms with van der Waals surface area (Å²) >= 11 is 0. The first kappa shape index (κ1) is 19.2. The summed E-state index contributed by atoms with van der Waals surface area (Å²) in [6.07, 6.45) is 3.12. The summed E-state index contributed by atoms with van der Waals surface area (Å²) in [6.45, 7) is 6.19. The van der Waals surface area contributed by atoms with Crippen LogP contribution in [0.25, 0.3) is 11.4 Å². The molecule has 1 amide bonds. The van der Waals surface area contributed by atoms with E-state index in [2.05, 4.69) is 46.3 Å². The van der Waals surface area contributed by atoms with Gasteiger partial charge in [0.15, 0.2) is 0 Å². The lowest BCUT2D eigenvalue weighted by molar-refractivity contribution is -0.125. The van der Waals surface area contributed by atoms with Gasteiger partial charge in [0.1, 0.15) is 5.76 Å². The number of nitrogens with zero attached hydrogens (tertiary/aromatic N) is 3. The molecule has 0 spiro atoms. The van der Waals surface area contributed by atoms with Gasteiger partial charge >= 0.3 is 6.01 Å². The number of rotatable bonds is 6. The zero-order chi connectivity index (χ0) is 20.2. The molecule has 1 saturated heterocycles. The fourth-order valence-electron chi connectivity index (χ4n) is 3.54. The highest BCUT2D eigenvalue weighted by Gasteiger charge is 2.27. The second-order valence-corrected chi connectivity index (χ2v) is 7.74. The van der Waals surface area contributed by atoms with Crippen LogP contribution < -0.4 is 10.2 Å². The van der Waals surface area contributed by atoms with E-state index in [1.54, 1.807) is 6.26 Å². The number of hydrogen-bond donors (Lipinski definition) is 1. The number of aromatic nitrogens is 2. The molecule has 0 atom stereocenters. The van der Waals surface area contributed by atoms with Crippen molar-refractivity contribution in [2.75, 3.05) is 18.0 Å². The highest BCUT2D eigenvalue weighted by molar-refractivity contribution is 5.78. The molecule has 2 aromatic heterocycles. The Kier molecular flexibility index (Phi) is 5.64. The number of amides is 1. The Hall–Kier alpha value is -3.09. The molecule has 1 aromatic carbocycles. The number of benzene rings is 1. The zero-order valence-electron chi connectivity index (χ0n) is 16.8. The van der Waals surface area contributed by atoms with Gasteiger partial charge in [0.05, 0.1) is 12.8 Å². The number of piperidine rings is 1. The fraction of sp³-hybridized carbons (Fsp3) is 0.409. The van der Waals surface area contributed by atoms with Gasteiger partial charge in [-0.3, -0.25) is 4.79 Å². The minimum absolute atomic E-state index is 0.00724. The van der Waals surface area contributed by atoms with Crippen LogP contribution in [0, 0.1) is 5.92 Å². The zero-order valence-corrected chi connectivity index (χ0v) is 16.8. The molecule has 29 heavy (non-hydrogen) atoms. The Morgan fingerprint density at radius 2 is 1.97 bits per heavy atom. The van der Waals surface area contributed by atoms with Crippen LogP contribution in [0.2, 0.25) is 0 Å². The molecule has 152 valence electrons. The molecule has 0 bridgehead atoms. The van der Waals surface area contributed by atoms with Crippen LogP contribution in [0.15, 0.2) is 51.6 Å². The van der Waals surface area contributed by atoms with Gasteiger partial charge < -0.3 is 19.2 Å². The fourth-order valence-corrected chi connectivity index (χ4v) is 3.54. The molecule has 1 aliphatic rings. The van der Waals surface area contributed by atoms with Crippen LogP contribution in [0.4, 0.5) is 6.01 Å². The van der Waals surface area contributed by atoms with Gasteiger partial charge in [0.25, 0.3) is 0 Å². The summed E-state index contributed by atoms with van der Waals surface area (Å²) in [5.41, 5.74) is 2.22. The lowest BCUT2D eigenvalue weighted by Gasteiger charge is -2.29.